The van der Waals surface area contributed by atoms with Crippen molar-refractivity contribution >= 4 is 22.6 Å². The minimum atomic E-state index is 0.288. The van der Waals surface area contributed by atoms with Gasteiger partial charge in [0.1, 0.15) is 11.0 Å². The minimum Gasteiger partial charge on any atom is -0.251 e. The van der Waals surface area contributed by atoms with E-state index in [1.54, 1.807) is 12.4 Å². The standard InChI is InChI=1S/C6H3ClN4/c7-6-5-4(3-10-11-6)8-1-2-9-5/h1-3H. The molecule has 0 amide bonds. The molecule has 0 spiro atoms. The first-order valence-corrected chi connectivity index (χ1v) is 3.33. The summed E-state index contributed by atoms with van der Waals surface area (Å²) in [6.45, 7) is 0. The first-order chi connectivity index (χ1) is 5.38. The Hall–Kier alpha value is -1.29. The molecule has 2 heterocycles. The van der Waals surface area contributed by atoms with Gasteiger partial charge >= 0.3 is 0 Å². The third kappa shape index (κ3) is 1.01. The Bertz CT molecular complexity index is 384. The van der Waals surface area contributed by atoms with Gasteiger partial charge in [0.2, 0.25) is 0 Å². The smallest absolute Gasteiger partial charge is 0.179 e. The van der Waals surface area contributed by atoms with E-state index in [9.17, 15) is 0 Å². The molecule has 0 radical (unpaired) electrons. The third-order valence-electron chi connectivity index (χ3n) is 1.25. The molecule has 2 aromatic rings. The Kier molecular flexibility index (Phi) is 1.40. The molecule has 0 saturated heterocycles. The average Bonchev–Trinajstić information content (AvgIpc) is 2.06. The van der Waals surface area contributed by atoms with Crippen molar-refractivity contribution < 1.29 is 0 Å². The van der Waals surface area contributed by atoms with E-state index in [0.717, 1.165) is 0 Å². The SMILES string of the molecule is Clc1nncc2nccnc12. The lowest BCUT2D eigenvalue weighted by molar-refractivity contribution is 1.03. The fourth-order valence-corrected chi connectivity index (χ4v) is 0.973. The summed E-state index contributed by atoms with van der Waals surface area (Å²) in [6, 6.07) is 0. The number of rotatable bonds is 0. The summed E-state index contributed by atoms with van der Waals surface area (Å²) in [5.41, 5.74) is 1.25. The highest BCUT2D eigenvalue weighted by Crippen LogP contribution is 2.13. The molecule has 0 aliphatic carbocycles. The van der Waals surface area contributed by atoms with Crippen molar-refractivity contribution in [2.24, 2.45) is 0 Å². The Morgan fingerprint density at radius 3 is 2.82 bits per heavy atom. The summed E-state index contributed by atoms with van der Waals surface area (Å²) >= 11 is 5.68. The predicted octanol–water partition coefficient (Wildman–Crippen LogP) is 1.07. The van der Waals surface area contributed by atoms with Crippen molar-refractivity contribution in [3.8, 4) is 0 Å². The van der Waals surface area contributed by atoms with Crippen LogP contribution in [0, 0.1) is 0 Å². The fraction of sp³-hybridized carbons (Fsp3) is 0. The molecule has 2 aromatic heterocycles. The number of hydrogen-bond donors (Lipinski definition) is 0. The third-order valence-corrected chi connectivity index (χ3v) is 1.50. The van der Waals surface area contributed by atoms with E-state index in [1.807, 2.05) is 0 Å². The molecule has 0 N–H and O–H groups in total. The zero-order chi connectivity index (χ0) is 7.68. The Morgan fingerprint density at radius 2 is 2.00 bits per heavy atom. The molecular weight excluding hydrogens is 164 g/mol. The minimum absolute atomic E-state index is 0.288. The number of fused-ring (bicyclic) bond motifs is 1. The normalized spacial score (nSPS) is 10.3. The molecule has 0 aliphatic heterocycles. The highest BCUT2D eigenvalue weighted by molar-refractivity contribution is 6.33. The molecule has 0 unspecified atom stereocenters. The van der Waals surface area contributed by atoms with Crippen LogP contribution in [0.1, 0.15) is 0 Å². The van der Waals surface area contributed by atoms with Gasteiger partial charge in [-0.2, -0.15) is 5.10 Å². The van der Waals surface area contributed by atoms with Crippen molar-refractivity contribution in [2.75, 3.05) is 0 Å². The van der Waals surface area contributed by atoms with Gasteiger partial charge < -0.3 is 0 Å². The maximum atomic E-state index is 5.68. The van der Waals surface area contributed by atoms with E-state index < -0.39 is 0 Å². The van der Waals surface area contributed by atoms with Crippen LogP contribution in [-0.2, 0) is 0 Å². The Morgan fingerprint density at radius 1 is 1.18 bits per heavy atom. The van der Waals surface area contributed by atoms with Crippen LogP contribution < -0.4 is 0 Å². The molecule has 0 bridgehead atoms. The van der Waals surface area contributed by atoms with Gasteiger partial charge in [0, 0.05) is 12.4 Å². The van der Waals surface area contributed by atoms with Crippen LogP contribution in [0.2, 0.25) is 5.15 Å². The topological polar surface area (TPSA) is 51.6 Å². The molecule has 5 heteroatoms. The molecule has 0 fully saturated rings. The van der Waals surface area contributed by atoms with Crippen LogP contribution >= 0.6 is 11.6 Å². The summed E-state index contributed by atoms with van der Waals surface area (Å²) in [5, 5.41) is 7.54. The zero-order valence-electron chi connectivity index (χ0n) is 5.40. The van der Waals surface area contributed by atoms with Crippen LogP contribution in [0.25, 0.3) is 11.0 Å². The lowest BCUT2D eigenvalue weighted by Gasteiger charge is -1.93. The predicted molar refractivity (Wildman–Crippen MR) is 40.1 cm³/mol. The van der Waals surface area contributed by atoms with Gasteiger partial charge in [0.15, 0.2) is 5.15 Å². The van der Waals surface area contributed by atoms with Crippen LogP contribution in [0.5, 0.6) is 0 Å². The van der Waals surface area contributed by atoms with E-state index in [4.69, 9.17) is 11.6 Å². The van der Waals surface area contributed by atoms with Gasteiger partial charge in [-0.1, -0.05) is 11.6 Å². The number of aromatic nitrogens is 4. The summed E-state index contributed by atoms with van der Waals surface area (Å²) < 4.78 is 0. The van der Waals surface area contributed by atoms with Gasteiger partial charge in [0.05, 0.1) is 6.20 Å². The van der Waals surface area contributed by atoms with Gasteiger partial charge in [-0.25, -0.2) is 4.98 Å². The molecule has 0 saturated carbocycles. The lowest BCUT2D eigenvalue weighted by atomic mass is 10.4. The quantitative estimate of drug-likeness (QED) is 0.588. The van der Waals surface area contributed by atoms with E-state index >= 15 is 0 Å². The van der Waals surface area contributed by atoms with Gasteiger partial charge in [-0.15, -0.1) is 5.10 Å². The molecule has 4 nitrogen and oxygen atoms in total. The van der Waals surface area contributed by atoms with E-state index in [0.29, 0.717) is 11.0 Å². The first kappa shape index (κ1) is 6.42. The molecule has 0 aromatic carbocycles. The van der Waals surface area contributed by atoms with Crippen LogP contribution in [-0.4, -0.2) is 20.2 Å². The van der Waals surface area contributed by atoms with Crippen molar-refractivity contribution in [2.45, 2.75) is 0 Å². The second-order valence-corrected chi connectivity index (χ2v) is 2.28. The second-order valence-electron chi connectivity index (χ2n) is 1.93. The average molecular weight is 167 g/mol. The molecule has 11 heavy (non-hydrogen) atoms. The van der Waals surface area contributed by atoms with Crippen LogP contribution in [0.4, 0.5) is 0 Å². The largest absolute Gasteiger partial charge is 0.251 e. The first-order valence-electron chi connectivity index (χ1n) is 2.96. The Balaban J connectivity index is 2.91. The second kappa shape index (κ2) is 2.39. The zero-order valence-corrected chi connectivity index (χ0v) is 6.15. The fourth-order valence-electron chi connectivity index (χ4n) is 0.784. The summed E-state index contributed by atoms with van der Waals surface area (Å²) in [6.07, 6.45) is 4.67. The maximum Gasteiger partial charge on any atom is 0.179 e. The van der Waals surface area contributed by atoms with Crippen LogP contribution in [0.15, 0.2) is 18.6 Å². The van der Waals surface area contributed by atoms with Crippen molar-refractivity contribution in [1.29, 1.82) is 0 Å². The number of nitrogens with zero attached hydrogens (tertiary/aromatic N) is 4. The van der Waals surface area contributed by atoms with Crippen molar-refractivity contribution in [1.82, 2.24) is 20.2 Å². The molecule has 2 rings (SSSR count). The highest BCUT2D eigenvalue weighted by Gasteiger charge is 2.00. The highest BCUT2D eigenvalue weighted by atomic mass is 35.5. The van der Waals surface area contributed by atoms with E-state index in [-0.39, 0.29) is 5.15 Å². The molecule has 0 atom stereocenters. The number of hydrogen-bond acceptors (Lipinski definition) is 4. The van der Waals surface area contributed by atoms with Gasteiger partial charge in [0.25, 0.3) is 0 Å². The maximum absolute atomic E-state index is 5.68. The van der Waals surface area contributed by atoms with Gasteiger partial charge in [-0.3, -0.25) is 4.98 Å². The van der Waals surface area contributed by atoms with Gasteiger partial charge in [-0.05, 0) is 0 Å². The summed E-state index contributed by atoms with van der Waals surface area (Å²) in [7, 11) is 0. The Labute approximate surface area is 67.3 Å². The van der Waals surface area contributed by atoms with E-state index in [1.165, 1.54) is 6.20 Å². The van der Waals surface area contributed by atoms with Crippen molar-refractivity contribution in [3.63, 3.8) is 0 Å². The summed E-state index contributed by atoms with van der Waals surface area (Å²) in [4.78, 5) is 7.98. The lowest BCUT2D eigenvalue weighted by Crippen LogP contribution is -1.88. The monoisotopic (exact) mass is 166 g/mol. The molecule has 0 aliphatic rings. The summed E-state index contributed by atoms with van der Waals surface area (Å²) in [5.74, 6) is 0. The number of halogens is 1. The molecular formula is C6H3ClN4. The van der Waals surface area contributed by atoms with Crippen LogP contribution in [0.3, 0.4) is 0 Å². The van der Waals surface area contributed by atoms with E-state index in [2.05, 4.69) is 20.2 Å². The van der Waals surface area contributed by atoms with Crippen molar-refractivity contribution in [3.05, 3.63) is 23.7 Å². The molecule has 54 valence electrons.